The molecule has 2 rings (SSSR count). The van der Waals surface area contributed by atoms with Crippen molar-refractivity contribution in [3.8, 4) is 6.07 Å². The summed E-state index contributed by atoms with van der Waals surface area (Å²) in [5.74, 6) is 0.879. The molecule has 0 atom stereocenters. The Morgan fingerprint density at radius 2 is 2.00 bits per heavy atom. The van der Waals surface area contributed by atoms with Crippen LogP contribution in [0.4, 0.5) is 5.82 Å². The predicted molar refractivity (Wildman–Crippen MR) is 90.3 cm³/mol. The molecular weight excluding hydrogens is 272 g/mol. The second kappa shape index (κ2) is 7.96. The number of hydrogen-bond donors (Lipinski definition) is 1. The van der Waals surface area contributed by atoms with Gasteiger partial charge in [-0.25, -0.2) is 4.98 Å². The van der Waals surface area contributed by atoms with Crippen molar-refractivity contribution in [2.24, 2.45) is 0 Å². The van der Waals surface area contributed by atoms with E-state index in [9.17, 15) is 0 Å². The molecule has 4 heteroatoms. The Morgan fingerprint density at radius 1 is 1.23 bits per heavy atom. The van der Waals surface area contributed by atoms with Crippen LogP contribution in [0.3, 0.4) is 0 Å². The number of pyridine rings is 1. The molecule has 1 aromatic carbocycles. The van der Waals surface area contributed by atoms with Crippen LogP contribution in [0.5, 0.6) is 0 Å². The van der Waals surface area contributed by atoms with Crippen molar-refractivity contribution in [3.63, 3.8) is 0 Å². The van der Waals surface area contributed by atoms with Gasteiger partial charge in [-0.2, -0.15) is 5.26 Å². The summed E-state index contributed by atoms with van der Waals surface area (Å²) < 4.78 is 0. The van der Waals surface area contributed by atoms with E-state index < -0.39 is 0 Å². The van der Waals surface area contributed by atoms with Crippen LogP contribution in [-0.4, -0.2) is 30.5 Å². The molecule has 2 aromatic rings. The van der Waals surface area contributed by atoms with Gasteiger partial charge in [0.25, 0.3) is 0 Å². The molecule has 1 heterocycles. The second-order valence-electron chi connectivity index (χ2n) is 5.30. The predicted octanol–water partition coefficient (Wildman–Crippen LogP) is 3.14. The fraction of sp³-hybridized carbons (Fsp3) is 0.222. The molecule has 0 aliphatic carbocycles. The number of rotatable bonds is 6. The van der Waals surface area contributed by atoms with Gasteiger partial charge in [0, 0.05) is 19.3 Å². The van der Waals surface area contributed by atoms with E-state index in [0.29, 0.717) is 12.1 Å². The molecule has 1 aromatic heterocycles. The highest BCUT2D eigenvalue weighted by Gasteiger charge is 1.97. The molecule has 0 aliphatic rings. The fourth-order valence-electron chi connectivity index (χ4n) is 2.06. The lowest BCUT2D eigenvalue weighted by atomic mass is 10.1. The molecule has 0 bridgehead atoms. The highest BCUT2D eigenvalue weighted by atomic mass is 15.1. The van der Waals surface area contributed by atoms with E-state index in [0.717, 1.165) is 17.9 Å². The normalized spacial score (nSPS) is 10.8. The standard InChI is InChI=1S/C18H20N4/c1-22(2)14-17-9-11-21-18(12-17)20-10-3-4-15-5-7-16(13-19)8-6-15/h3-9,11-12H,10,14H2,1-2H3,(H,20,21). The van der Waals surface area contributed by atoms with Crippen LogP contribution >= 0.6 is 0 Å². The number of aromatic nitrogens is 1. The molecule has 0 amide bonds. The summed E-state index contributed by atoms with van der Waals surface area (Å²) >= 11 is 0. The summed E-state index contributed by atoms with van der Waals surface area (Å²) in [7, 11) is 4.10. The SMILES string of the molecule is CN(C)Cc1ccnc(NCC=Cc2ccc(C#N)cc2)c1. The Bertz CT molecular complexity index is 666. The molecule has 1 N–H and O–H groups in total. The van der Waals surface area contributed by atoms with Gasteiger partial charge in [-0.05, 0) is 49.5 Å². The minimum absolute atomic E-state index is 0.678. The lowest BCUT2D eigenvalue weighted by Crippen LogP contribution is -2.11. The Hall–Kier alpha value is -2.64. The van der Waals surface area contributed by atoms with Gasteiger partial charge in [0.2, 0.25) is 0 Å². The molecule has 0 unspecified atom stereocenters. The maximum atomic E-state index is 8.76. The van der Waals surface area contributed by atoms with Crippen molar-refractivity contribution in [2.45, 2.75) is 6.54 Å². The minimum atomic E-state index is 0.678. The first-order valence-corrected chi connectivity index (χ1v) is 7.17. The van der Waals surface area contributed by atoms with Gasteiger partial charge >= 0.3 is 0 Å². The first-order valence-electron chi connectivity index (χ1n) is 7.17. The Balaban J connectivity index is 1.87. The van der Waals surface area contributed by atoms with Crippen LogP contribution in [0.2, 0.25) is 0 Å². The van der Waals surface area contributed by atoms with Crippen molar-refractivity contribution in [2.75, 3.05) is 26.0 Å². The molecule has 0 radical (unpaired) electrons. The van der Waals surface area contributed by atoms with Crippen molar-refractivity contribution >= 4 is 11.9 Å². The van der Waals surface area contributed by atoms with Crippen LogP contribution in [0.15, 0.2) is 48.7 Å². The molecule has 0 aliphatic heterocycles. The first-order chi connectivity index (χ1) is 10.7. The first kappa shape index (κ1) is 15.7. The Kier molecular flexibility index (Phi) is 5.70. The van der Waals surface area contributed by atoms with E-state index >= 15 is 0 Å². The van der Waals surface area contributed by atoms with E-state index in [4.69, 9.17) is 5.26 Å². The summed E-state index contributed by atoms with van der Waals surface area (Å²) in [4.78, 5) is 6.44. The van der Waals surface area contributed by atoms with Gasteiger partial charge in [0.15, 0.2) is 0 Å². The van der Waals surface area contributed by atoms with Gasteiger partial charge in [-0.15, -0.1) is 0 Å². The largest absolute Gasteiger partial charge is 0.367 e. The third-order valence-corrected chi connectivity index (χ3v) is 3.07. The third-order valence-electron chi connectivity index (χ3n) is 3.07. The van der Waals surface area contributed by atoms with Crippen LogP contribution < -0.4 is 5.32 Å². The lowest BCUT2D eigenvalue weighted by Gasteiger charge is -2.10. The Labute approximate surface area is 131 Å². The summed E-state index contributed by atoms with van der Waals surface area (Å²) in [6.07, 6.45) is 5.89. The van der Waals surface area contributed by atoms with Crippen molar-refractivity contribution in [1.82, 2.24) is 9.88 Å². The molecule has 0 saturated heterocycles. The average molecular weight is 292 g/mol. The van der Waals surface area contributed by atoms with Gasteiger partial charge in [0.05, 0.1) is 11.6 Å². The number of nitrogens with zero attached hydrogens (tertiary/aromatic N) is 3. The zero-order valence-electron chi connectivity index (χ0n) is 13.0. The Morgan fingerprint density at radius 3 is 2.68 bits per heavy atom. The van der Waals surface area contributed by atoms with Crippen LogP contribution in [0.25, 0.3) is 6.08 Å². The average Bonchev–Trinajstić information content (AvgIpc) is 2.52. The summed E-state index contributed by atoms with van der Waals surface area (Å²) in [5.41, 5.74) is 2.99. The molecule has 0 fully saturated rings. The lowest BCUT2D eigenvalue weighted by molar-refractivity contribution is 0.402. The number of nitrogens with one attached hydrogen (secondary N) is 1. The quantitative estimate of drug-likeness (QED) is 0.888. The number of hydrogen-bond acceptors (Lipinski definition) is 4. The highest BCUT2D eigenvalue weighted by Crippen LogP contribution is 2.09. The number of benzene rings is 1. The summed E-state index contributed by atoms with van der Waals surface area (Å²) in [5, 5.41) is 12.0. The van der Waals surface area contributed by atoms with Gasteiger partial charge in [0.1, 0.15) is 5.82 Å². The van der Waals surface area contributed by atoms with Gasteiger partial charge in [-0.1, -0.05) is 24.3 Å². The number of nitriles is 1. The van der Waals surface area contributed by atoms with E-state index in [1.807, 2.05) is 62.8 Å². The monoisotopic (exact) mass is 292 g/mol. The van der Waals surface area contributed by atoms with Crippen molar-refractivity contribution < 1.29 is 0 Å². The summed E-state index contributed by atoms with van der Waals surface area (Å²) in [6.45, 7) is 1.61. The van der Waals surface area contributed by atoms with Crippen LogP contribution in [0, 0.1) is 11.3 Å². The summed E-state index contributed by atoms with van der Waals surface area (Å²) in [6, 6.07) is 13.7. The van der Waals surface area contributed by atoms with Gasteiger partial charge < -0.3 is 10.2 Å². The minimum Gasteiger partial charge on any atom is -0.367 e. The third kappa shape index (κ3) is 5.04. The molecule has 0 saturated carbocycles. The van der Waals surface area contributed by atoms with Crippen LogP contribution in [0.1, 0.15) is 16.7 Å². The van der Waals surface area contributed by atoms with E-state index in [1.54, 1.807) is 0 Å². The smallest absolute Gasteiger partial charge is 0.126 e. The molecule has 0 spiro atoms. The van der Waals surface area contributed by atoms with Crippen molar-refractivity contribution in [3.05, 3.63) is 65.4 Å². The molecule has 4 nitrogen and oxygen atoms in total. The number of anilines is 1. The fourth-order valence-corrected chi connectivity index (χ4v) is 2.06. The maximum Gasteiger partial charge on any atom is 0.126 e. The second-order valence-corrected chi connectivity index (χ2v) is 5.30. The molecule has 22 heavy (non-hydrogen) atoms. The van der Waals surface area contributed by atoms with E-state index in [-0.39, 0.29) is 0 Å². The van der Waals surface area contributed by atoms with Gasteiger partial charge in [-0.3, -0.25) is 0 Å². The topological polar surface area (TPSA) is 52.0 Å². The zero-order valence-corrected chi connectivity index (χ0v) is 13.0. The molecular formula is C18H20N4. The molecule has 112 valence electrons. The van der Waals surface area contributed by atoms with E-state index in [1.165, 1.54) is 5.56 Å². The highest BCUT2D eigenvalue weighted by molar-refractivity contribution is 5.52. The van der Waals surface area contributed by atoms with Crippen LogP contribution in [-0.2, 0) is 6.54 Å². The van der Waals surface area contributed by atoms with Crippen molar-refractivity contribution in [1.29, 1.82) is 5.26 Å². The maximum absolute atomic E-state index is 8.76. The van der Waals surface area contributed by atoms with E-state index in [2.05, 4.69) is 27.3 Å². The zero-order chi connectivity index (χ0) is 15.8.